The number of nitrogens with one attached hydrogen (secondary N) is 1. The van der Waals surface area contributed by atoms with Gasteiger partial charge in [0.25, 0.3) is 5.91 Å². The third-order valence-electron chi connectivity index (χ3n) is 1.91. The first-order valence-electron chi connectivity index (χ1n) is 4.21. The SMILES string of the molecule is CCONC(=O)c1ccc(C)n1C. The molecule has 1 amide bonds. The quantitative estimate of drug-likeness (QED) is 0.709. The zero-order valence-electron chi connectivity index (χ0n) is 8.13. The smallest absolute Gasteiger partial charge is 0.291 e. The molecular formula is C9H14N2O2. The van der Waals surface area contributed by atoms with E-state index >= 15 is 0 Å². The van der Waals surface area contributed by atoms with Crippen LogP contribution in [0.25, 0.3) is 0 Å². The number of carbonyl (C=O) groups excluding carboxylic acids is 1. The highest BCUT2D eigenvalue weighted by Crippen LogP contribution is 2.04. The summed E-state index contributed by atoms with van der Waals surface area (Å²) in [5.41, 5.74) is 3.99. The summed E-state index contributed by atoms with van der Waals surface area (Å²) in [6.45, 7) is 4.23. The third kappa shape index (κ3) is 2.09. The zero-order valence-corrected chi connectivity index (χ0v) is 8.13. The first-order chi connectivity index (χ1) is 6.16. The van der Waals surface area contributed by atoms with Crippen molar-refractivity contribution in [3.05, 3.63) is 23.5 Å². The van der Waals surface area contributed by atoms with Crippen LogP contribution < -0.4 is 5.48 Å². The van der Waals surface area contributed by atoms with Crippen molar-refractivity contribution in [1.29, 1.82) is 0 Å². The maximum absolute atomic E-state index is 11.4. The molecule has 0 aliphatic heterocycles. The zero-order chi connectivity index (χ0) is 9.84. The van der Waals surface area contributed by atoms with Crippen LogP contribution in [0.3, 0.4) is 0 Å². The molecule has 4 heteroatoms. The predicted molar refractivity (Wildman–Crippen MR) is 49.2 cm³/mol. The maximum atomic E-state index is 11.4. The molecule has 0 aliphatic carbocycles. The Bertz CT molecular complexity index is 305. The molecular weight excluding hydrogens is 168 g/mol. The fourth-order valence-corrected chi connectivity index (χ4v) is 1.03. The molecule has 0 spiro atoms. The van der Waals surface area contributed by atoms with E-state index < -0.39 is 0 Å². The Balaban J connectivity index is 2.71. The van der Waals surface area contributed by atoms with Crippen molar-refractivity contribution in [2.24, 2.45) is 7.05 Å². The van der Waals surface area contributed by atoms with Crippen LogP contribution in [0.2, 0.25) is 0 Å². The fraction of sp³-hybridized carbons (Fsp3) is 0.444. The normalized spacial score (nSPS) is 10.1. The van der Waals surface area contributed by atoms with E-state index in [1.165, 1.54) is 0 Å². The summed E-state index contributed by atoms with van der Waals surface area (Å²) < 4.78 is 1.81. The van der Waals surface area contributed by atoms with Gasteiger partial charge in [0.15, 0.2) is 0 Å². The van der Waals surface area contributed by atoms with Gasteiger partial charge in [-0.3, -0.25) is 9.63 Å². The second kappa shape index (κ2) is 4.09. The Morgan fingerprint density at radius 2 is 2.31 bits per heavy atom. The molecule has 1 heterocycles. The Hall–Kier alpha value is -1.29. The van der Waals surface area contributed by atoms with Crippen LogP contribution in [-0.4, -0.2) is 17.1 Å². The molecule has 1 aromatic heterocycles. The molecule has 0 aliphatic rings. The minimum atomic E-state index is -0.211. The molecule has 1 rings (SSSR count). The van der Waals surface area contributed by atoms with E-state index in [0.717, 1.165) is 5.69 Å². The Kier molecular flexibility index (Phi) is 3.08. The molecule has 0 bridgehead atoms. The van der Waals surface area contributed by atoms with Crippen LogP contribution in [0.1, 0.15) is 23.1 Å². The van der Waals surface area contributed by atoms with Gasteiger partial charge < -0.3 is 4.57 Å². The number of hydroxylamine groups is 1. The molecule has 0 saturated heterocycles. The van der Waals surface area contributed by atoms with Crippen LogP contribution >= 0.6 is 0 Å². The predicted octanol–water partition coefficient (Wildman–Crippen LogP) is 1.01. The van der Waals surface area contributed by atoms with Gasteiger partial charge in [-0.25, -0.2) is 5.48 Å². The van der Waals surface area contributed by atoms with Crippen LogP contribution in [-0.2, 0) is 11.9 Å². The average molecular weight is 182 g/mol. The lowest BCUT2D eigenvalue weighted by Gasteiger charge is -2.05. The van der Waals surface area contributed by atoms with Gasteiger partial charge >= 0.3 is 0 Å². The van der Waals surface area contributed by atoms with Crippen molar-refractivity contribution >= 4 is 5.91 Å². The lowest BCUT2D eigenvalue weighted by molar-refractivity contribution is 0.0357. The molecule has 0 aromatic carbocycles. The number of aryl methyl sites for hydroxylation is 1. The van der Waals surface area contributed by atoms with Crippen LogP contribution in [0, 0.1) is 6.92 Å². The van der Waals surface area contributed by atoms with Gasteiger partial charge in [0, 0.05) is 12.7 Å². The Labute approximate surface area is 77.5 Å². The number of nitrogens with zero attached hydrogens (tertiary/aromatic N) is 1. The molecule has 72 valence electrons. The van der Waals surface area contributed by atoms with E-state index in [0.29, 0.717) is 12.3 Å². The molecule has 4 nitrogen and oxygen atoms in total. The van der Waals surface area contributed by atoms with Gasteiger partial charge in [-0.05, 0) is 26.0 Å². The van der Waals surface area contributed by atoms with E-state index in [4.69, 9.17) is 4.84 Å². The highest BCUT2D eigenvalue weighted by molar-refractivity contribution is 5.92. The largest absolute Gasteiger partial charge is 0.344 e. The van der Waals surface area contributed by atoms with E-state index in [1.807, 2.05) is 31.5 Å². The summed E-state index contributed by atoms with van der Waals surface area (Å²) in [5.74, 6) is -0.211. The number of hydrogen-bond acceptors (Lipinski definition) is 2. The van der Waals surface area contributed by atoms with Gasteiger partial charge in [-0.1, -0.05) is 0 Å². The highest BCUT2D eigenvalue weighted by atomic mass is 16.6. The number of hydrogen-bond donors (Lipinski definition) is 1. The van der Waals surface area contributed by atoms with Gasteiger partial charge in [0.05, 0.1) is 6.61 Å². The van der Waals surface area contributed by atoms with Crippen molar-refractivity contribution < 1.29 is 9.63 Å². The summed E-state index contributed by atoms with van der Waals surface area (Å²) in [7, 11) is 1.84. The topological polar surface area (TPSA) is 43.3 Å². The average Bonchev–Trinajstić information content (AvgIpc) is 2.44. The van der Waals surface area contributed by atoms with Crippen molar-refractivity contribution in [2.45, 2.75) is 13.8 Å². The van der Waals surface area contributed by atoms with E-state index in [1.54, 1.807) is 6.07 Å². The molecule has 0 saturated carbocycles. The molecule has 1 N–H and O–H groups in total. The Morgan fingerprint density at radius 1 is 1.62 bits per heavy atom. The first kappa shape index (κ1) is 9.80. The second-order valence-electron chi connectivity index (χ2n) is 2.78. The van der Waals surface area contributed by atoms with Gasteiger partial charge in [0.2, 0.25) is 0 Å². The van der Waals surface area contributed by atoms with Gasteiger partial charge in [-0.15, -0.1) is 0 Å². The minimum Gasteiger partial charge on any atom is -0.344 e. The maximum Gasteiger partial charge on any atom is 0.291 e. The first-order valence-corrected chi connectivity index (χ1v) is 4.21. The summed E-state index contributed by atoms with van der Waals surface area (Å²) in [5, 5.41) is 0. The Morgan fingerprint density at radius 3 is 2.77 bits per heavy atom. The number of rotatable bonds is 3. The second-order valence-corrected chi connectivity index (χ2v) is 2.78. The van der Waals surface area contributed by atoms with Gasteiger partial charge in [-0.2, -0.15) is 0 Å². The van der Waals surface area contributed by atoms with Crippen LogP contribution in [0.15, 0.2) is 12.1 Å². The van der Waals surface area contributed by atoms with Crippen LogP contribution in [0.5, 0.6) is 0 Å². The monoisotopic (exact) mass is 182 g/mol. The molecule has 13 heavy (non-hydrogen) atoms. The molecule has 0 radical (unpaired) electrons. The van der Waals surface area contributed by atoms with Crippen molar-refractivity contribution in [3.63, 3.8) is 0 Å². The van der Waals surface area contributed by atoms with Crippen molar-refractivity contribution in [1.82, 2.24) is 10.0 Å². The summed E-state index contributed by atoms with van der Waals surface area (Å²) in [4.78, 5) is 16.2. The third-order valence-corrected chi connectivity index (χ3v) is 1.91. The van der Waals surface area contributed by atoms with Crippen molar-refractivity contribution in [2.75, 3.05) is 6.61 Å². The summed E-state index contributed by atoms with van der Waals surface area (Å²) >= 11 is 0. The molecule has 0 fully saturated rings. The summed E-state index contributed by atoms with van der Waals surface area (Å²) in [6, 6.07) is 3.66. The highest BCUT2D eigenvalue weighted by Gasteiger charge is 2.09. The van der Waals surface area contributed by atoms with E-state index in [2.05, 4.69) is 5.48 Å². The van der Waals surface area contributed by atoms with E-state index in [9.17, 15) is 4.79 Å². The lowest BCUT2D eigenvalue weighted by Crippen LogP contribution is -2.25. The fourth-order valence-electron chi connectivity index (χ4n) is 1.03. The lowest BCUT2D eigenvalue weighted by atomic mass is 10.4. The minimum absolute atomic E-state index is 0.211. The van der Waals surface area contributed by atoms with Crippen molar-refractivity contribution in [3.8, 4) is 0 Å². The molecule has 1 aromatic rings. The number of carbonyl (C=O) groups is 1. The standard InChI is InChI=1S/C9H14N2O2/c1-4-13-10-9(12)8-6-5-7(2)11(8)3/h5-6H,4H2,1-3H3,(H,10,12). The number of aromatic nitrogens is 1. The molecule has 0 unspecified atom stereocenters. The summed E-state index contributed by atoms with van der Waals surface area (Å²) in [6.07, 6.45) is 0. The number of amides is 1. The van der Waals surface area contributed by atoms with Crippen LogP contribution in [0.4, 0.5) is 0 Å². The van der Waals surface area contributed by atoms with E-state index in [-0.39, 0.29) is 5.91 Å². The van der Waals surface area contributed by atoms with Gasteiger partial charge in [0.1, 0.15) is 5.69 Å². The molecule has 0 atom stereocenters.